The predicted octanol–water partition coefficient (Wildman–Crippen LogP) is 3.60. The first-order valence-corrected chi connectivity index (χ1v) is 6.50. The number of unbranched alkanes of at least 4 members (excludes halogenated alkanes) is 3. The van der Waals surface area contributed by atoms with E-state index in [4.69, 9.17) is 0 Å². The first kappa shape index (κ1) is 14.3. The first-order valence-electron chi connectivity index (χ1n) is 5.86. The Morgan fingerprint density at radius 3 is 2.14 bits per heavy atom. The molecule has 0 rings (SSSR count). The topological polar surface area (TPSA) is 3.24 Å². The molecular formula is C12H27NS. The zero-order valence-corrected chi connectivity index (χ0v) is 11.2. The Labute approximate surface area is 95.7 Å². The summed E-state index contributed by atoms with van der Waals surface area (Å²) in [6.45, 7) is 8.13. The van der Waals surface area contributed by atoms with Gasteiger partial charge in [-0.15, -0.1) is 0 Å². The summed E-state index contributed by atoms with van der Waals surface area (Å²) >= 11 is 4.21. The summed E-state index contributed by atoms with van der Waals surface area (Å²) < 4.78 is 0. The van der Waals surface area contributed by atoms with Gasteiger partial charge in [0.25, 0.3) is 0 Å². The van der Waals surface area contributed by atoms with Crippen LogP contribution in [0, 0.1) is 0 Å². The second kappa shape index (κ2) is 7.58. The molecule has 0 radical (unpaired) electrons. The van der Waals surface area contributed by atoms with Crippen LogP contribution in [0.3, 0.4) is 0 Å². The molecule has 0 aliphatic rings. The van der Waals surface area contributed by atoms with E-state index in [0.29, 0.717) is 5.54 Å². The average molecular weight is 217 g/mol. The monoisotopic (exact) mass is 217 g/mol. The van der Waals surface area contributed by atoms with Crippen molar-refractivity contribution in [3.05, 3.63) is 0 Å². The largest absolute Gasteiger partial charge is 0.301 e. The Morgan fingerprint density at radius 1 is 1.07 bits per heavy atom. The van der Waals surface area contributed by atoms with Gasteiger partial charge in [-0.2, -0.15) is 12.6 Å². The Bertz CT molecular complexity index is 134. The molecular weight excluding hydrogens is 190 g/mol. The van der Waals surface area contributed by atoms with Gasteiger partial charge in [-0.05, 0) is 52.5 Å². The van der Waals surface area contributed by atoms with Gasteiger partial charge in [-0.25, -0.2) is 0 Å². The highest BCUT2D eigenvalue weighted by Crippen LogP contribution is 2.17. The Balaban J connectivity index is 3.48. The highest BCUT2D eigenvalue weighted by Gasteiger charge is 2.19. The van der Waals surface area contributed by atoms with Crippen LogP contribution >= 0.6 is 12.6 Å². The van der Waals surface area contributed by atoms with Crippen LogP contribution in [0.4, 0.5) is 0 Å². The van der Waals surface area contributed by atoms with Crippen LogP contribution in [0.5, 0.6) is 0 Å². The highest BCUT2D eigenvalue weighted by molar-refractivity contribution is 7.80. The van der Waals surface area contributed by atoms with Crippen LogP contribution in [0.25, 0.3) is 0 Å². The molecule has 0 fully saturated rings. The lowest BCUT2D eigenvalue weighted by Crippen LogP contribution is -2.40. The minimum Gasteiger partial charge on any atom is -0.301 e. The first-order chi connectivity index (χ1) is 6.54. The van der Waals surface area contributed by atoms with E-state index in [0.717, 1.165) is 5.75 Å². The van der Waals surface area contributed by atoms with Gasteiger partial charge in [0.2, 0.25) is 0 Å². The van der Waals surface area contributed by atoms with Gasteiger partial charge in [-0.1, -0.05) is 19.8 Å². The van der Waals surface area contributed by atoms with Crippen LogP contribution in [0.15, 0.2) is 0 Å². The Morgan fingerprint density at radius 2 is 1.64 bits per heavy atom. The summed E-state index contributed by atoms with van der Waals surface area (Å²) in [7, 11) is 2.24. The molecule has 0 atom stereocenters. The summed E-state index contributed by atoms with van der Waals surface area (Å²) in [5, 5.41) is 0. The summed E-state index contributed by atoms with van der Waals surface area (Å²) in [6.07, 6.45) is 6.51. The third-order valence-electron chi connectivity index (χ3n) is 3.30. The van der Waals surface area contributed by atoms with Crippen molar-refractivity contribution in [2.75, 3.05) is 19.3 Å². The molecule has 0 amide bonds. The predicted molar refractivity (Wildman–Crippen MR) is 69.3 cm³/mol. The van der Waals surface area contributed by atoms with E-state index in [1.165, 1.54) is 38.6 Å². The molecule has 0 aromatic rings. The third kappa shape index (κ3) is 5.92. The molecule has 0 saturated heterocycles. The molecule has 0 N–H and O–H groups in total. The highest BCUT2D eigenvalue weighted by atomic mass is 32.1. The summed E-state index contributed by atoms with van der Waals surface area (Å²) in [5.41, 5.74) is 0.365. The quantitative estimate of drug-likeness (QED) is 0.480. The fraction of sp³-hybridized carbons (Fsp3) is 1.00. The smallest absolute Gasteiger partial charge is 0.0147 e. The van der Waals surface area contributed by atoms with Gasteiger partial charge in [0.05, 0.1) is 0 Å². The lowest BCUT2D eigenvalue weighted by Gasteiger charge is -2.34. The number of hydrogen-bond donors (Lipinski definition) is 1. The van der Waals surface area contributed by atoms with E-state index in [2.05, 4.69) is 45.3 Å². The Hall–Kier alpha value is 0.310. The van der Waals surface area contributed by atoms with E-state index in [1.54, 1.807) is 0 Å². The lowest BCUT2D eigenvalue weighted by atomic mass is 9.99. The maximum Gasteiger partial charge on any atom is 0.0147 e. The van der Waals surface area contributed by atoms with Gasteiger partial charge in [0, 0.05) is 5.54 Å². The van der Waals surface area contributed by atoms with Crippen molar-refractivity contribution in [1.29, 1.82) is 0 Å². The molecule has 0 aliphatic heterocycles. The van der Waals surface area contributed by atoms with E-state index >= 15 is 0 Å². The average Bonchev–Trinajstić information content (AvgIpc) is 2.17. The number of rotatable bonds is 8. The molecule has 0 bridgehead atoms. The van der Waals surface area contributed by atoms with E-state index < -0.39 is 0 Å². The maximum absolute atomic E-state index is 4.21. The van der Waals surface area contributed by atoms with E-state index in [9.17, 15) is 0 Å². The summed E-state index contributed by atoms with van der Waals surface area (Å²) in [4.78, 5) is 2.48. The van der Waals surface area contributed by atoms with Crippen molar-refractivity contribution in [3.63, 3.8) is 0 Å². The maximum atomic E-state index is 4.21. The molecule has 0 unspecified atom stereocenters. The lowest BCUT2D eigenvalue weighted by molar-refractivity contribution is 0.148. The molecule has 0 aromatic carbocycles. The minimum atomic E-state index is 0.365. The zero-order chi connectivity index (χ0) is 11.0. The molecule has 0 aromatic heterocycles. The van der Waals surface area contributed by atoms with Crippen molar-refractivity contribution < 1.29 is 0 Å². The van der Waals surface area contributed by atoms with E-state index in [-0.39, 0.29) is 0 Å². The van der Waals surface area contributed by atoms with Gasteiger partial charge in [0.1, 0.15) is 0 Å². The van der Waals surface area contributed by atoms with Crippen LogP contribution in [-0.2, 0) is 0 Å². The molecule has 1 nitrogen and oxygen atoms in total. The van der Waals surface area contributed by atoms with Crippen LogP contribution in [-0.4, -0.2) is 29.8 Å². The molecule has 0 heterocycles. The second-order valence-corrected chi connectivity index (χ2v) is 5.17. The fourth-order valence-corrected chi connectivity index (χ4v) is 1.61. The van der Waals surface area contributed by atoms with Crippen molar-refractivity contribution in [3.8, 4) is 0 Å². The van der Waals surface area contributed by atoms with Crippen LogP contribution < -0.4 is 0 Å². The SMILES string of the molecule is CCC(C)(C)N(C)CCCCCCS. The number of thiol groups is 1. The van der Waals surface area contributed by atoms with Crippen molar-refractivity contribution in [1.82, 2.24) is 4.90 Å². The second-order valence-electron chi connectivity index (χ2n) is 4.73. The van der Waals surface area contributed by atoms with Crippen molar-refractivity contribution in [2.24, 2.45) is 0 Å². The Kier molecular flexibility index (Phi) is 7.75. The van der Waals surface area contributed by atoms with Crippen LogP contribution in [0.2, 0.25) is 0 Å². The molecule has 2 heteroatoms. The molecule has 86 valence electrons. The molecule has 0 aliphatic carbocycles. The fourth-order valence-electron chi connectivity index (χ4n) is 1.39. The zero-order valence-electron chi connectivity index (χ0n) is 10.3. The van der Waals surface area contributed by atoms with Gasteiger partial charge >= 0.3 is 0 Å². The summed E-state index contributed by atoms with van der Waals surface area (Å²) in [5.74, 6) is 1.04. The van der Waals surface area contributed by atoms with Gasteiger partial charge in [-0.3, -0.25) is 0 Å². The van der Waals surface area contributed by atoms with Crippen molar-refractivity contribution in [2.45, 2.75) is 58.4 Å². The standard InChI is InChI=1S/C12H27NS/c1-5-12(2,3)13(4)10-8-6-7-9-11-14/h14H,5-11H2,1-4H3. The molecule has 0 spiro atoms. The van der Waals surface area contributed by atoms with Gasteiger partial charge < -0.3 is 4.90 Å². The van der Waals surface area contributed by atoms with Crippen LogP contribution in [0.1, 0.15) is 52.9 Å². The minimum absolute atomic E-state index is 0.365. The summed E-state index contributed by atoms with van der Waals surface area (Å²) in [6, 6.07) is 0. The molecule has 0 saturated carbocycles. The number of nitrogens with zero attached hydrogens (tertiary/aromatic N) is 1. The van der Waals surface area contributed by atoms with E-state index in [1.807, 2.05) is 0 Å². The normalized spacial score (nSPS) is 12.4. The molecule has 14 heavy (non-hydrogen) atoms. The number of hydrogen-bond acceptors (Lipinski definition) is 2. The van der Waals surface area contributed by atoms with Gasteiger partial charge in [0.15, 0.2) is 0 Å². The third-order valence-corrected chi connectivity index (χ3v) is 3.62. The van der Waals surface area contributed by atoms with Crippen molar-refractivity contribution >= 4 is 12.6 Å².